The Kier molecular flexibility index (Phi) is 3.26. The predicted molar refractivity (Wildman–Crippen MR) is 64.5 cm³/mol. The average Bonchev–Trinajstić information content (AvgIpc) is 2.77. The van der Waals surface area contributed by atoms with Gasteiger partial charge in [0.25, 0.3) is 0 Å². The van der Waals surface area contributed by atoms with Gasteiger partial charge in [-0.1, -0.05) is 30.3 Å². The first-order valence-corrected chi connectivity index (χ1v) is 5.75. The normalized spacial score (nSPS) is 17.0. The molecule has 0 aliphatic heterocycles. The third-order valence-corrected chi connectivity index (χ3v) is 3.04. The van der Waals surface area contributed by atoms with Crippen molar-refractivity contribution in [3.8, 4) is 6.07 Å². The summed E-state index contributed by atoms with van der Waals surface area (Å²) in [5, 5.41) is 12.4. The van der Waals surface area contributed by atoms with Gasteiger partial charge in [0, 0.05) is 17.3 Å². The van der Waals surface area contributed by atoms with Crippen LogP contribution >= 0.6 is 0 Å². The number of hydrogen-bond acceptors (Lipinski definition) is 2. The first-order chi connectivity index (χ1) is 7.81. The maximum Gasteiger partial charge on any atom is 0.0965 e. The Morgan fingerprint density at radius 1 is 1.25 bits per heavy atom. The maximum absolute atomic E-state index is 8.97. The van der Waals surface area contributed by atoms with Gasteiger partial charge < -0.3 is 5.32 Å². The minimum atomic E-state index is 0.276. The first kappa shape index (κ1) is 10.8. The van der Waals surface area contributed by atoms with Gasteiger partial charge in [-0.3, -0.25) is 0 Å². The SMILES string of the molecule is CC(NC1=C(C#N)CCC1)c1ccccc1. The lowest BCUT2D eigenvalue weighted by Gasteiger charge is -2.16. The molecule has 0 aromatic heterocycles. The molecule has 0 amide bonds. The summed E-state index contributed by atoms with van der Waals surface area (Å²) < 4.78 is 0. The number of allylic oxidation sites excluding steroid dienone is 2. The molecular weight excluding hydrogens is 196 g/mol. The Morgan fingerprint density at radius 2 is 2.00 bits per heavy atom. The molecule has 0 bridgehead atoms. The number of rotatable bonds is 3. The van der Waals surface area contributed by atoms with Crippen molar-refractivity contribution < 1.29 is 0 Å². The third kappa shape index (κ3) is 2.25. The van der Waals surface area contributed by atoms with E-state index in [9.17, 15) is 0 Å². The van der Waals surface area contributed by atoms with Gasteiger partial charge in [0.1, 0.15) is 0 Å². The molecule has 1 atom stereocenters. The van der Waals surface area contributed by atoms with Crippen molar-refractivity contribution in [2.24, 2.45) is 0 Å². The Morgan fingerprint density at radius 3 is 2.69 bits per heavy atom. The van der Waals surface area contributed by atoms with E-state index in [-0.39, 0.29) is 6.04 Å². The van der Waals surface area contributed by atoms with Crippen molar-refractivity contribution in [2.75, 3.05) is 0 Å². The first-order valence-electron chi connectivity index (χ1n) is 5.75. The number of nitriles is 1. The summed E-state index contributed by atoms with van der Waals surface area (Å²) in [5.41, 5.74) is 3.33. The molecule has 82 valence electrons. The monoisotopic (exact) mass is 212 g/mol. The molecule has 1 aromatic rings. The average molecular weight is 212 g/mol. The van der Waals surface area contributed by atoms with Crippen LogP contribution in [0.5, 0.6) is 0 Å². The van der Waals surface area contributed by atoms with E-state index in [0.29, 0.717) is 0 Å². The highest BCUT2D eigenvalue weighted by molar-refractivity contribution is 5.31. The summed E-state index contributed by atoms with van der Waals surface area (Å²) in [5.74, 6) is 0. The molecule has 1 aromatic carbocycles. The fraction of sp³-hybridized carbons (Fsp3) is 0.357. The third-order valence-electron chi connectivity index (χ3n) is 3.04. The van der Waals surface area contributed by atoms with Gasteiger partial charge in [-0.25, -0.2) is 0 Å². The lowest BCUT2D eigenvalue weighted by atomic mass is 10.1. The summed E-state index contributed by atoms with van der Waals surface area (Å²) in [7, 11) is 0. The largest absolute Gasteiger partial charge is 0.381 e. The van der Waals surface area contributed by atoms with E-state index in [1.54, 1.807) is 0 Å². The van der Waals surface area contributed by atoms with E-state index < -0.39 is 0 Å². The topological polar surface area (TPSA) is 35.8 Å². The molecule has 2 rings (SSSR count). The number of nitrogens with one attached hydrogen (secondary N) is 1. The van der Waals surface area contributed by atoms with Gasteiger partial charge in [-0.2, -0.15) is 5.26 Å². The van der Waals surface area contributed by atoms with E-state index in [0.717, 1.165) is 30.5 Å². The molecule has 2 nitrogen and oxygen atoms in total. The molecule has 1 N–H and O–H groups in total. The molecule has 1 aliphatic rings. The van der Waals surface area contributed by atoms with Crippen molar-refractivity contribution in [3.05, 3.63) is 47.2 Å². The van der Waals surface area contributed by atoms with Crippen LogP contribution in [-0.2, 0) is 0 Å². The quantitative estimate of drug-likeness (QED) is 0.834. The van der Waals surface area contributed by atoms with Gasteiger partial charge >= 0.3 is 0 Å². The van der Waals surface area contributed by atoms with Crippen LogP contribution in [-0.4, -0.2) is 0 Å². The van der Waals surface area contributed by atoms with Crippen LogP contribution in [0.4, 0.5) is 0 Å². The highest BCUT2D eigenvalue weighted by Crippen LogP contribution is 2.25. The van der Waals surface area contributed by atoms with Crippen molar-refractivity contribution in [1.82, 2.24) is 5.32 Å². The van der Waals surface area contributed by atoms with Crippen LogP contribution in [0.2, 0.25) is 0 Å². The summed E-state index contributed by atoms with van der Waals surface area (Å²) in [4.78, 5) is 0. The van der Waals surface area contributed by atoms with Crippen molar-refractivity contribution >= 4 is 0 Å². The fourth-order valence-electron chi connectivity index (χ4n) is 2.11. The second kappa shape index (κ2) is 4.85. The summed E-state index contributed by atoms with van der Waals surface area (Å²) in [6.07, 6.45) is 3.05. The van der Waals surface area contributed by atoms with E-state index in [1.165, 1.54) is 5.56 Å². The highest BCUT2D eigenvalue weighted by Gasteiger charge is 2.16. The molecule has 1 unspecified atom stereocenters. The van der Waals surface area contributed by atoms with Crippen LogP contribution in [0.3, 0.4) is 0 Å². The highest BCUT2D eigenvalue weighted by atomic mass is 14.9. The zero-order valence-corrected chi connectivity index (χ0v) is 9.53. The number of nitrogens with zero attached hydrogens (tertiary/aromatic N) is 1. The Hall–Kier alpha value is -1.75. The van der Waals surface area contributed by atoms with Crippen LogP contribution in [0, 0.1) is 11.3 Å². The molecule has 1 aliphatic carbocycles. The molecule has 0 saturated carbocycles. The molecule has 0 radical (unpaired) electrons. The molecular formula is C14H16N2. The van der Waals surface area contributed by atoms with Gasteiger partial charge in [0.2, 0.25) is 0 Å². The molecule has 16 heavy (non-hydrogen) atoms. The second-order valence-electron chi connectivity index (χ2n) is 4.20. The zero-order valence-electron chi connectivity index (χ0n) is 9.53. The van der Waals surface area contributed by atoms with E-state index >= 15 is 0 Å². The lowest BCUT2D eigenvalue weighted by molar-refractivity contribution is 0.634. The van der Waals surface area contributed by atoms with Gasteiger partial charge in [-0.05, 0) is 31.7 Å². The van der Waals surface area contributed by atoms with Gasteiger partial charge in [-0.15, -0.1) is 0 Å². The van der Waals surface area contributed by atoms with Crippen molar-refractivity contribution in [1.29, 1.82) is 5.26 Å². The molecule has 0 saturated heterocycles. The summed E-state index contributed by atoms with van der Waals surface area (Å²) in [6.45, 7) is 2.13. The Balaban J connectivity index is 2.09. The predicted octanol–water partition coefficient (Wildman–Crippen LogP) is 3.30. The minimum Gasteiger partial charge on any atom is -0.381 e. The molecule has 0 heterocycles. The summed E-state index contributed by atoms with van der Waals surface area (Å²) >= 11 is 0. The minimum absolute atomic E-state index is 0.276. The zero-order chi connectivity index (χ0) is 11.4. The van der Waals surface area contributed by atoms with E-state index in [4.69, 9.17) is 5.26 Å². The van der Waals surface area contributed by atoms with E-state index in [2.05, 4.69) is 30.4 Å². The van der Waals surface area contributed by atoms with Crippen molar-refractivity contribution in [2.45, 2.75) is 32.2 Å². The van der Waals surface area contributed by atoms with Gasteiger partial charge in [0.05, 0.1) is 6.07 Å². The number of benzene rings is 1. The smallest absolute Gasteiger partial charge is 0.0965 e. The van der Waals surface area contributed by atoms with Crippen LogP contribution in [0.25, 0.3) is 0 Å². The van der Waals surface area contributed by atoms with Gasteiger partial charge in [0.15, 0.2) is 0 Å². The van der Waals surface area contributed by atoms with Crippen LogP contribution in [0.15, 0.2) is 41.6 Å². The number of hydrogen-bond donors (Lipinski definition) is 1. The summed E-state index contributed by atoms with van der Waals surface area (Å²) in [6, 6.07) is 12.9. The lowest BCUT2D eigenvalue weighted by Crippen LogP contribution is -2.17. The molecule has 2 heteroatoms. The fourth-order valence-corrected chi connectivity index (χ4v) is 2.11. The maximum atomic E-state index is 8.97. The second-order valence-corrected chi connectivity index (χ2v) is 4.20. The standard InChI is InChI=1S/C14H16N2/c1-11(12-6-3-2-4-7-12)16-14-9-5-8-13(14)10-15/h2-4,6-7,11,16H,5,8-9H2,1H3. The molecule has 0 fully saturated rings. The molecule has 0 spiro atoms. The van der Waals surface area contributed by atoms with Crippen LogP contribution in [0.1, 0.15) is 37.8 Å². The Labute approximate surface area is 96.6 Å². The Bertz CT molecular complexity index is 426. The van der Waals surface area contributed by atoms with Crippen molar-refractivity contribution in [3.63, 3.8) is 0 Å². The van der Waals surface area contributed by atoms with Crippen LogP contribution < -0.4 is 5.32 Å². The van der Waals surface area contributed by atoms with E-state index in [1.807, 2.05) is 18.2 Å².